The molecule has 0 radical (unpaired) electrons. The van der Waals surface area contributed by atoms with Crippen LogP contribution in [0.3, 0.4) is 0 Å². The Bertz CT molecular complexity index is 716. The first-order chi connectivity index (χ1) is 16.4. The number of alkyl halides is 1. The lowest BCUT2D eigenvalue weighted by Gasteiger charge is -2.46. The minimum atomic E-state index is -1.92. The molecule has 0 aliphatic carbocycles. The van der Waals surface area contributed by atoms with E-state index in [1.165, 1.54) is 7.11 Å². The highest BCUT2D eigenvalue weighted by molar-refractivity contribution is 14.1. The largest absolute Gasteiger partial charge is 0.479 e. The Labute approximate surface area is 213 Å². The first kappa shape index (κ1) is 29.2. The van der Waals surface area contributed by atoms with E-state index in [2.05, 4.69) is 0 Å². The molecule has 0 amide bonds. The number of carboxylic acids is 1. The van der Waals surface area contributed by atoms with Crippen molar-refractivity contribution in [1.29, 1.82) is 0 Å². The lowest BCUT2D eigenvalue weighted by atomic mass is 9.97. The van der Waals surface area contributed by atoms with Gasteiger partial charge >= 0.3 is 5.97 Å². The van der Waals surface area contributed by atoms with Gasteiger partial charge in [-0.05, 0) is 29.5 Å². The van der Waals surface area contributed by atoms with Crippen LogP contribution in [0.25, 0.3) is 0 Å². The molecule has 3 aliphatic rings. The third-order valence-corrected chi connectivity index (χ3v) is 7.22. The summed E-state index contributed by atoms with van der Waals surface area (Å²) in [5.74, 6) is -1.61. The van der Waals surface area contributed by atoms with Gasteiger partial charge in [-0.1, -0.05) is 0 Å². The average Bonchev–Trinajstić information content (AvgIpc) is 2.81. The van der Waals surface area contributed by atoms with E-state index >= 15 is 0 Å². The van der Waals surface area contributed by atoms with Crippen molar-refractivity contribution in [2.24, 2.45) is 0 Å². The molecule has 0 bridgehead atoms. The Morgan fingerprint density at radius 1 is 0.800 bits per heavy atom. The van der Waals surface area contributed by atoms with Crippen LogP contribution in [0, 0.1) is 0 Å². The highest BCUT2D eigenvalue weighted by Gasteiger charge is 2.51. The topological polar surface area (TPSA) is 234 Å². The summed E-state index contributed by atoms with van der Waals surface area (Å²) in [7, 11) is 1.35. The van der Waals surface area contributed by atoms with Gasteiger partial charge in [0.1, 0.15) is 65.2 Å². The van der Waals surface area contributed by atoms with Crippen LogP contribution in [-0.2, 0) is 33.2 Å². The summed E-state index contributed by atoms with van der Waals surface area (Å²) in [6.45, 7) is 1.04. The Morgan fingerprint density at radius 2 is 1.40 bits per heavy atom. The van der Waals surface area contributed by atoms with Gasteiger partial charge < -0.3 is 69.3 Å². The van der Waals surface area contributed by atoms with Gasteiger partial charge in [-0.2, -0.15) is 0 Å². The molecule has 15 nitrogen and oxygen atoms in total. The molecule has 3 saturated heterocycles. The summed E-state index contributed by atoms with van der Waals surface area (Å²) >= 11 is 1.91. The zero-order chi connectivity index (χ0) is 26.2. The molecule has 16 heteroatoms. The van der Waals surface area contributed by atoms with Crippen LogP contribution in [-0.4, -0.2) is 150 Å². The zero-order valence-electron chi connectivity index (χ0n) is 18.7. The number of hydrogen-bond donors (Lipinski definition) is 8. The third kappa shape index (κ3) is 6.06. The maximum absolute atomic E-state index is 11.2. The molecule has 0 saturated carbocycles. The summed E-state index contributed by atoms with van der Waals surface area (Å²) < 4.78 is 31.9. The number of carboxylic acid groups (broad SMARTS) is 1. The maximum atomic E-state index is 11.2. The molecule has 204 valence electrons. The second-order valence-electron chi connectivity index (χ2n) is 8.57. The fraction of sp³-hybridized carbons (Fsp3) is 0.947. The van der Waals surface area contributed by atoms with Crippen molar-refractivity contribution in [3.8, 4) is 0 Å². The lowest BCUT2D eigenvalue weighted by molar-refractivity contribution is -0.345. The Balaban J connectivity index is 1.68. The Morgan fingerprint density at radius 3 is 2.00 bits per heavy atom. The number of hydrogen-bond acceptors (Lipinski definition) is 14. The molecule has 0 aromatic carbocycles. The number of halogens is 1. The smallest absolute Gasteiger partial charge is 0.335 e. The van der Waals surface area contributed by atoms with Gasteiger partial charge in [0.25, 0.3) is 0 Å². The monoisotopic (exact) mass is 626 g/mol. The zero-order valence-corrected chi connectivity index (χ0v) is 20.8. The second-order valence-corrected chi connectivity index (χ2v) is 9.79. The summed E-state index contributed by atoms with van der Waals surface area (Å²) in [5.41, 5.74) is 0. The van der Waals surface area contributed by atoms with Crippen molar-refractivity contribution in [3.05, 3.63) is 0 Å². The van der Waals surface area contributed by atoms with Gasteiger partial charge in [-0.3, -0.25) is 0 Å². The van der Waals surface area contributed by atoms with Gasteiger partial charge in [-0.25, -0.2) is 4.79 Å². The fourth-order valence-electron chi connectivity index (χ4n) is 4.09. The van der Waals surface area contributed by atoms with Gasteiger partial charge in [0, 0.05) is 7.11 Å². The summed E-state index contributed by atoms with van der Waals surface area (Å²) in [4.78, 5) is 11.2. The predicted octanol–water partition coefficient (Wildman–Crippen LogP) is -4.36. The quantitative estimate of drug-likeness (QED) is 0.0985. The van der Waals surface area contributed by atoms with Gasteiger partial charge in [-0.15, -0.1) is 0 Å². The summed E-state index contributed by atoms with van der Waals surface area (Å²) in [6, 6.07) is 0. The molecule has 3 fully saturated rings. The van der Waals surface area contributed by atoms with Crippen molar-refractivity contribution in [3.63, 3.8) is 0 Å². The minimum absolute atomic E-state index is 0.571. The van der Waals surface area contributed by atoms with Gasteiger partial charge in [0.2, 0.25) is 0 Å². The first-order valence-electron chi connectivity index (χ1n) is 10.8. The van der Waals surface area contributed by atoms with Gasteiger partial charge in [0.05, 0.1) is 12.7 Å². The number of aliphatic carboxylic acids is 1. The van der Waals surface area contributed by atoms with Crippen LogP contribution in [0.4, 0.5) is 0 Å². The van der Waals surface area contributed by atoms with Crippen molar-refractivity contribution < 1.29 is 74.1 Å². The summed E-state index contributed by atoms with van der Waals surface area (Å²) in [5, 5.41) is 80.3. The van der Waals surface area contributed by atoms with E-state index in [4.69, 9.17) is 33.5 Å². The van der Waals surface area contributed by atoms with E-state index in [-0.39, 0.29) is 0 Å². The molecular formula is C19H31IO15. The average molecular weight is 626 g/mol. The van der Waals surface area contributed by atoms with Crippen molar-refractivity contribution in [1.82, 2.24) is 0 Å². The van der Waals surface area contributed by atoms with E-state index in [1.807, 2.05) is 22.6 Å². The van der Waals surface area contributed by atoms with Gasteiger partial charge in [0.15, 0.2) is 18.7 Å². The summed E-state index contributed by atoms with van der Waals surface area (Å²) in [6.07, 6.45) is -20.8. The van der Waals surface area contributed by atoms with E-state index in [0.29, 0.717) is 0 Å². The minimum Gasteiger partial charge on any atom is -0.479 e. The van der Waals surface area contributed by atoms with Crippen LogP contribution < -0.4 is 0 Å². The number of aliphatic hydroxyl groups excluding tert-OH is 7. The molecule has 3 heterocycles. The van der Waals surface area contributed by atoms with Crippen LogP contribution >= 0.6 is 22.6 Å². The standard InChI is InChI=1S/C19H31IO15/c1-4-6(21)13(30-2)15(16(20)32-4)35-19-12(27)8(23)7(22)5(33-19)3-31-18-11(26)9(24)10(25)14(34-18)17(28)29/h4-16,18-19,21-27H,3H2,1-2H3,(H,28,29)/t4?,5?,6-,7+,8?,9?,10-,11?,12-,13?,14?,15?,16+,18-,19+/m0/s1. The maximum Gasteiger partial charge on any atom is 0.335 e. The Kier molecular flexibility index (Phi) is 10.1. The van der Waals surface area contributed by atoms with Crippen molar-refractivity contribution in [2.75, 3.05) is 13.7 Å². The molecule has 3 aliphatic heterocycles. The van der Waals surface area contributed by atoms with Crippen LogP contribution in [0.2, 0.25) is 0 Å². The molecule has 8 unspecified atom stereocenters. The molecule has 0 spiro atoms. The van der Waals surface area contributed by atoms with Crippen LogP contribution in [0.5, 0.6) is 0 Å². The lowest BCUT2D eigenvalue weighted by Crippen LogP contribution is -2.64. The SMILES string of the molecule is COC1C(O[C@H]2OC(CO[C@H]3OC(C(=O)O)[C@@H](O)C(O)C3O)[C@@H](O)C(O)[C@@H]2O)[C@H](I)OC(C)[C@@H]1O. The highest BCUT2D eigenvalue weighted by Crippen LogP contribution is 2.33. The van der Waals surface area contributed by atoms with Crippen molar-refractivity contribution >= 4 is 28.6 Å². The molecule has 35 heavy (non-hydrogen) atoms. The predicted molar refractivity (Wildman–Crippen MR) is 117 cm³/mol. The molecule has 0 aromatic heterocycles. The van der Waals surface area contributed by atoms with Crippen molar-refractivity contribution in [2.45, 2.75) is 96.9 Å². The van der Waals surface area contributed by atoms with E-state index < -0.39 is 103 Å². The molecular weight excluding hydrogens is 595 g/mol. The van der Waals surface area contributed by atoms with E-state index in [0.717, 1.165) is 0 Å². The van der Waals surface area contributed by atoms with E-state index in [9.17, 15) is 40.5 Å². The number of methoxy groups -OCH3 is 1. The van der Waals surface area contributed by atoms with E-state index in [1.54, 1.807) is 6.92 Å². The Hall–Kier alpha value is -0.320. The molecule has 8 N–H and O–H groups in total. The van der Waals surface area contributed by atoms with Crippen LogP contribution in [0.15, 0.2) is 0 Å². The second kappa shape index (κ2) is 12.0. The fourth-order valence-corrected chi connectivity index (χ4v) is 5.13. The third-order valence-electron chi connectivity index (χ3n) is 6.21. The van der Waals surface area contributed by atoms with Crippen LogP contribution in [0.1, 0.15) is 6.92 Å². The number of rotatable bonds is 7. The number of carbonyl (C=O) groups is 1. The molecule has 15 atom stereocenters. The molecule has 0 aromatic rings. The molecule has 3 rings (SSSR count). The number of ether oxygens (including phenoxy) is 6. The normalized spacial score (nSPS) is 51.2. The highest BCUT2D eigenvalue weighted by atomic mass is 127. The number of aliphatic hydroxyl groups is 7. The first-order valence-corrected chi connectivity index (χ1v) is 12.0.